The van der Waals surface area contributed by atoms with Gasteiger partial charge < -0.3 is 5.73 Å². The monoisotopic (exact) mass is 162 g/mol. The van der Waals surface area contributed by atoms with Gasteiger partial charge in [0.1, 0.15) is 6.33 Å². The minimum Gasteiger partial charge on any atom is -0.323 e. The quantitative estimate of drug-likeness (QED) is 0.673. The van der Waals surface area contributed by atoms with E-state index in [1.54, 1.807) is 6.33 Å². The van der Waals surface area contributed by atoms with Crippen LogP contribution in [-0.2, 0) is 0 Å². The number of hydrogen-bond donors (Lipinski definition) is 1. The van der Waals surface area contributed by atoms with Gasteiger partial charge in [-0.2, -0.15) is 0 Å². The molecule has 2 rings (SSSR count). The summed E-state index contributed by atoms with van der Waals surface area (Å²) < 4.78 is 1.89. The molecular formula is C8H10N4. The summed E-state index contributed by atoms with van der Waals surface area (Å²) in [4.78, 5) is 0. The summed E-state index contributed by atoms with van der Waals surface area (Å²) >= 11 is 0. The summed E-state index contributed by atoms with van der Waals surface area (Å²) in [6, 6.07) is 5.81. The fourth-order valence-electron chi connectivity index (χ4n) is 1.24. The Morgan fingerprint density at radius 2 is 2.33 bits per heavy atom. The van der Waals surface area contributed by atoms with Gasteiger partial charge in [0.25, 0.3) is 0 Å². The first-order valence-corrected chi connectivity index (χ1v) is 3.83. The maximum atomic E-state index is 5.76. The SMILES string of the molecule is CC(N)c1cccc2nncn12. The highest BCUT2D eigenvalue weighted by Gasteiger charge is 2.04. The van der Waals surface area contributed by atoms with Crippen molar-refractivity contribution in [2.45, 2.75) is 13.0 Å². The second-order valence-electron chi connectivity index (χ2n) is 2.80. The number of nitrogens with zero attached hydrogens (tertiary/aromatic N) is 3. The average Bonchev–Trinajstić information content (AvgIpc) is 2.49. The minimum atomic E-state index is 0.00435. The van der Waals surface area contributed by atoms with Crippen molar-refractivity contribution in [2.75, 3.05) is 0 Å². The van der Waals surface area contributed by atoms with E-state index < -0.39 is 0 Å². The molecule has 0 saturated heterocycles. The van der Waals surface area contributed by atoms with Gasteiger partial charge in [0, 0.05) is 11.7 Å². The molecule has 0 bridgehead atoms. The molecule has 2 aromatic heterocycles. The third-order valence-corrected chi connectivity index (χ3v) is 1.83. The molecule has 0 spiro atoms. The molecule has 62 valence electrons. The molecule has 0 amide bonds. The van der Waals surface area contributed by atoms with Gasteiger partial charge >= 0.3 is 0 Å². The number of hydrogen-bond acceptors (Lipinski definition) is 3. The molecule has 0 aliphatic carbocycles. The average molecular weight is 162 g/mol. The first kappa shape index (κ1) is 7.24. The lowest BCUT2D eigenvalue weighted by Crippen LogP contribution is -2.09. The molecule has 0 aliphatic heterocycles. The first-order valence-electron chi connectivity index (χ1n) is 3.83. The molecule has 12 heavy (non-hydrogen) atoms. The van der Waals surface area contributed by atoms with Crippen LogP contribution in [0.2, 0.25) is 0 Å². The summed E-state index contributed by atoms with van der Waals surface area (Å²) in [5, 5.41) is 7.72. The van der Waals surface area contributed by atoms with Crippen molar-refractivity contribution in [1.82, 2.24) is 14.6 Å². The van der Waals surface area contributed by atoms with Crippen LogP contribution < -0.4 is 5.73 Å². The Hall–Kier alpha value is -1.42. The predicted octanol–water partition coefficient (Wildman–Crippen LogP) is 0.749. The van der Waals surface area contributed by atoms with E-state index in [4.69, 9.17) is 5.73 Å². The van der Waals surface area contributed by atoms with E-state index in [0.717, 1.165) is 11.3 Å². The number of pyridine rings is 1. The molecule has 0 fully saturated rings. The molecule has 0 saturated carbocycles. The van der Waals surface area contributed by atoms with E-state index in [0.29, 0.717) is 0 Å². The molecular weight excluding hydrogens is 152 g/mol. The maximum absolute atomic E-state index is 5.76. The van der Waals surface area contributed by atoms with E-state index in [-0.39, 0.29) is 6.04 Å². The fraction of sp³-hybridized carbons (Fsp3) is 0.250. The van der Waals surface area contributed by atoms with Gasteiger partial charge in [-0.1, -0.05) is 6.07 Å². The van der Waals surface area contributed by atoms with Crippen LogP contribution in [0.3, 0.4) is 0 Å². The topological polar surface area (TPSA) is 56.2 Å². The number of fused-ring (bicyclic) bond motifs is 1. The van der Waals surface area contributed by atoms with E-state index in [2.05, 4.69) is 10.2 Å². The number of aromatic nitrogens is 3. The van der Waals surface area contributed by atoms with Gasteiger partial charge in [-0.05, 0) is 19.1 Å². The lowest BCUT2D eigenvalue weighted by atomic mass is 10.2. The molecule has 2 N–H and O–H groups in total. The van der Waals surface area contributed by atoms with Crippen LogP contribution >= 0.6 is 0 Å². The highest BCUT2D eigenvalue weighted by Crippen LogP contribution is 2.10. The van der Waals surface area contributed by atoms with E-state index in [9.17, 15) is 0 Å². The van der Waals surface area contributed by atoms with Gasteiger partial charge in [-0.3, -0.25) is 4.40 Å². The van der Waals surface area contributed by atoms with Crippen molar-refractivity contribution < 1.29 is 0 Å². The lowest BCUT2D eigenvalue weighted by molar-refractivity contribution is 0.762. The van der Waals surface area contributed by atoms with Crippen LogP contribution in [0.5, 0.6) is 0 Å². The summed E-state index contributed by atoms with van der Waals surface area (Å²) in [5.41, 5.74) is 7.63. The smallest absolute Gasteiger partial charge is 0.160 e. The molecule has 1 atom stereocenters. The van der Waals surface area contributed by atoms with Gasteiger partial charge in [0.2, 0.25) is 0 Å². The third kappa shape index (κ3) is 0.967. The highest BCUT2D eigenvalue weighted by molar-refractivity contribution is 5.38. The summed E-state index contributed by atoms with van der Waals surface area (Å²) in [6.45, 7) is 1.94. The van der Waals surface area contributed by atoms with Gasteiger partial charge in [0.15, 0.2) is 5.65 Å². The zero-order valence-corrected chi connectivity index (χ0v) is 6.81. The molecule has 0 aliphatic rings. The van der Waals surface area contributed by atoms with Gasteiger partial charge in [-0.15, -0.1) is 10.2 Å². The third-order valence-electron chi connectivity index (χ3n) is 1.83. The number of nitrogens with two attached hydrogens (primary N) is 1. The molecule has 4 nitrogen and oxygen atoms in total. The lowest BCUT2D eigenvalue weighted by Gasteiger charge is -2.06. The van der Waals surface area contributed by atoms with Crippen molar-refractivity contribution in [2.24, 2.45) is 5.73 Å². The zero-order chi connectivity index (χ0) is 8.55. The molecule has 2 heterocycles. The Labute approximate surface area is 70.0 Å². The Morgan fingerprint density at radius 1 is 1.50 bits per heavy atom. The number of rotatable bonds is 1. The highest BCUT2D eigenvalue weighted by atomic mass is 15.2. The first-order chi connectivity index (χ1) is 5.79. The van der Waals surface area contributed by atoms with Crippen molar-refractivity contribution >= 4 is 5.65 Å². The van der Waals surface area contributed by atoms with Crippen LogP contribution in [0.4, 0.5) is 0 Å². The van der Waals surface area contributed by atoms with Crippen molar-refractivity contribution in [3.8, 4) is 0 Å². The minimum absolute atomic E-state index is 0.00435. The van der Waals surface area contributed by atoms with Crippen LogP contribution in [0.25, 0.3) is 5.65 Å². The summed E-state index contributed by atoms with van der Waals surface area (Å²) in [6.07, 6.45) is 1.67. The second-order valence-corrected chi connectivity index (χ2v) is 2.80. The van der Waals surface area contributed by atoms with E-state index in [1.807, 2.05) is 29.5 Å². The molecule has 0 aromatic carbocycles. The van der Waals surface area contributed by atoms with Crippen LogP contribution in [0, 0.1) is 0 Å². The molecule has 0 radical (unpaired) electrons. The molecule has 4 heteroatoms. The van der Waals surface area contributed by atoms with Crippen molar-refractivity contribution in [1.29, 1.82) is 0 Å². The zero-order valence-electron chi connectivity index (χ0n) is 6.81. The Bertz CT molecular complexity index is 391. The summed E-state index contributed by atoms with van der Waals surface area (Å²) in [5.74, 6) is 0. The largest absolute Gasteiger partial charge is 0.323 e. The standard InChI is InChI=1S/C8H10N4/c1-6(9)7-3-2-4-8-11-10-5-12(7)8/h2-6H,9H2,1H3. The van der Waals surface area contributed by atoms with E-state index in [1.165, 1.54) is 0 Å². The van der Waals surface area contributed by atoms with Crippen LogP contribution in [-0.4, -0.2) is 14.6 Å². The Kier molecular flexibility index (Phi) is 1.55. The fourth-order valence-corrected chi connectivity index (χ4v) is 1.24. The molecule has 2 aromatic rings. The Balaban J connectivity index is 2.73. The van der Waals surface area contributed by atoms with Crippen molar-refractivity contribution in [3.63, 3.8) is 0 Å². The van der Waals surface area contributed by atoms with E-state index >= 15 is 0 Å². The van der Waals surface area contributed by atoms with Gasteiger partial charge in [-0.25, -0.2) is 0 Å². The van der Waals surface area contributed by atoms with Crippen molar-refractivity contribution in [3.05, 3.63) is 30.2 Å². The van der Waals surface area contributed by atoms with Crippen LogP contribution in [0.15, 0.2) is 24.5 Å². The normalized spacial score (nSPS) is 13.5. The Morgan fingerprint density at radius 3 is 3.08 bits per heavy atom. The predicted molar refractivity (Wildman–Crippen MR) is 45.6 cm³/mol. The maximum Gasteiger partial charge on any atom is 0.160 e. The second kappa shape index (κ2) is 2.57. The van der Waals surface area contributed by atoms with Crippen LogP contribution in [0.1, 0.15) is 18.7 Å². The molecule has 1 unspecified atom stereocenters. The van der Waals surface area contributed by atoms with Gasteiger partial charge in [0.05, 0.1) is 0 Å². The summed E-state index contributed by atoms with van der Waals surface area (Å²) in [7, 11) is 0.